The topological polar surface area (TPSA) is 69.4 Å². The van der Waals surface area contributed by atoms with Gasteiger partial charge in [0.2, 0.25) is 0 Å². The number of hydrogen-bond donors (Lipinski definition) is 0. The lowest BCUT2D eigenvalue weighted by Crippen LogP contribution is -2.40. The van der Waals surface area contributed by atoms with Gasteiger partial charge in [-0.3, -0.25) is 10.1 Å². The number of rotatable bonds is 5. The third kappa shape index (κ3) is 2.47. The van der Waals surface area contributed by atoms with Gasteiger partial charge < -0.3 is 4.74 Å². The quantitative estimate of drug-likeness (QED) is 0.258. The van der Waals surface area contributed by atoms with Gasteiger partial charge in [-0.2, -0.15) is 4.39 Å². The van der Waals surface area contributed by atoms with Crippen LogP contribution in [0, 0.1) is 10.1 Å². The van der Waals surface area contributed by atoms with Crippen molar-refractivity contribution >= 4 is 5.97 Å². The highest BCUT2D eigenvalue weighted by atomic mass is 19.1. The fourth-order valence-electron chi connectivity index (χ4n) is 1.19. The van der Waals surface area contributed by atoms with Crippen LogP contribution in [0.1, 0.15) is 5.56 Å². The van der Waals surface area contributed by atoms with E-state index in [1.165, 1.54) is 18.2 Å². The number of alkyl halides is 1. The Bertz CT molecular complexity index is 434. The van der Waals surface area contributed by atoms with Crippen LogP contribution in [0.25, 0.3) is 0 Å². The summed E-state index contributed by atoms with van der Waals surface area (Å²) in [7, 11) is 0. The van der Waals surface area contributed by atoms with Crippen LogP contribution in [0.3, 0.4) is 0 Å². The second-order valence-electron chi connectivity index (χ2n) is 3.13. The Balaban J connectivity index is 3.10. The molecule has 90 valence electrons. The van der Waals surface area contributed by atoms with Gasteiger partial charge in [0, 0.05) is 0 Å². The molecule has 0 aliphatic carbocycles. The summed E-state index contributed by atoms with van der Waals surface area (Å²) in [5.74, 6) is -4.95. The van der Waals surface area contributed by atoms with Crippen molar-refractivity contribution in [3.63, 3.8) is 0 Å². The first-order valence-electron chi connectivity index (χ1n) is 4.70. The number of benzene rings is 1. The molecule has 1 unspecified atom stereocenters. The van der Waals surface area contributed by atoms with Crippen LogP contribution in [0.4, 0.5) is 4.39 Å². The van der Waals surface area contributed by atoms with E-state index in [4.69, 9.17) is 0 Å². The molecule has 1 aromatic carbocycles. The monoisotopic (exact) mass is 239 g/mol. The second kappa shape index (κ2) is 5.20. The summed E-state index contributed by atoms with van der Waals surface area (Å²) < 4.78 is 18.6. The number of hydrogen-bond acceptors (Lipinski definition) is 4. The molecular formula is C11H10FNO4. The van der Waals surface area contributed by atoms with Crippen LogP contribution in [-0.4, -0.2) is 17.5 Å². The summed E-state index contributed by atoms with van der Waals surface area (Å²) in [5, 5.41) is 10.7. The second-order valence-corrected chi connectivity index (χ2v) is 3.13. The van der Waals surface area contributed by atoms with Gasteiger partial charge in [-0.1, -0.05) is 30.9 Å². The predicted octanol–water partition coefficient (Wildman–Crippen LogP) is 1.81. The Morgan fingerprint density at radius 1 is 1.53 bits per heavy atom. The molecule has 17 heavy (non-hydrogen) atoms. The molecule has 0 bridgehead atoms. The van der Waals surface area contributed by atoms with Crippen LogP contribution < -0.4 is 0 Å². The molecule has 1 atom stereocenters. The molecule has 1 rings (SSSR count). The van der Waals surface area contributed by atoms with Crippen molar-refractivity contribution < 1.29 is 18.8 Å². The standard InChI is InChI=1S/C11H10FNO4/c1-2-8-17-10(14)11(12,13(15)16)9-6-4-3-5-7-9/h2-7H,1,8H2. The fourth-order valence-corrected chi connectivity index (χ4v) is 1.19. The van der Waals surface area contributed by atoms with Crippen LogP contribution >= 0.6 is 0 Å². The zero-order valence-electron chi connectivity index (χ0n) is 8.84. The molecule has 0 amide bonds. The summed E-state index contributed by atoms with van der Waals surface area (Å²) in [5.41, 5.74) is -0.376. The molecule has 5 nitrogen and oxygen atoms in total. The summed E-state index contributed by atoms with van der Waals surface area (Å²) in [6.07, 6.45) is 1.20. The zero-order chi connectivity index (χ0) is 12.9. The normalized spacial score (nSPS) is 13.5. The Hall–Kier alpha value is -2.24. The smallest absolute Gasteiger partial charge is 0.454 e. The average molecular weight is 239 g/mol. The van der Waals surface area contributed by atoms with E-state index in [0.717, 1.165) is 12.1 Å². The minimum absolute atomic E-state index is 0.287. The van der Waals surface area contributed by atoms with Crippen LogP contribution in [-0.2, 0) is 15.3 Å². The number of esters is 1. The molecule has 6 heteroatoms. The molecule has 0 aliphatic heterocycles. The number of carbonyl (C=O) groups excluding carboxylic acids is 1. The van der Waals surface area contributed by atoms with Crippen molar-refractivity contribution in [3.8, 4) is 0 Å². The van der Waals surface area contributed by atoms with Gasteiger partial charge in [-0.25, -0.2) is 4.79 Å². The fraction of sp³-hybridized carbons (Fsp3) is 0.182. The maximum Gasteiger partial charge on any atom is 0.481 e. The molecule has 0 saturated carbocycles. The summed E-state index contributed by atoms with van der Waals surface area (Å²) in [6.45, 7) is 2.98. The van der Waals surface area contributed by atoms with E-state index in [1.807, 2.05) is 0 Å². The van der Waals surface area contributed by atoms with Crippen molar-refractivity contribution in [2.24, 2.45) is 0 Å². The van der Waals surface area contributed by atoms with E-state index in [0.29, 0.717) is 0 Å². The van der Waals surface area contributed by atoms with Crippen LogP contribution in [0.15, 0.2) is 43.0 Å². The van der Waals surface area contributed by atoms with Gasteiger partial charge in [0.15, 0.2) is 0 Å². The SMILES string of the molecule is C=CCOC(=O)C(F)(c1ccccc1)[N+](=O)[O-]. The zero-order valence-corrected chi connectivity index (χ0v) is 8.84. The molecule has 0 aromatic heterocycles. The van der Waals surface area contributed by atoms with E-state index in [2.05, 4.69) is 11.3 Å². The number of halogens is 1. The van der Waals surface area contributed by atoms with Crippen molar-refractivity contribution in [3.05, 3.63) is 58.7 Å². The van der Waals surface area contributed by atoms with Gasteiger partial charge in [0.05, 0.1) is 10.5 Å². The molecule has 0 aliphatic rings. The van der Waals surface area contributed by atoms with Crippen molar-refractivity contribution in [2.75, 3.05) is 6.61 Å². The summed E-state index contributed by atoms with van der Waals surface area (Å²) >= 11 is 0. The minimum atomic E-state index is -3.38. The Kier molecular flexibility index (Phi) is 3.92. The third-order valence-electron chi connectivity index (χ3n) is 2.01. The number of nitro groups is 1. The number of carbonyl (C=O) groups is 1. The molecule has 1 aromatic rings. The van der Waals surface area contributed by atoms with Crippen LogP contribution in [0.5, 0.6) is 0 Å². The maximum absolute atomic E-state index is 14.2. The maximum atomic E-state index is 14.2. The van der Waals surface area contributed by atoms with Gasteiger partial charge in [-0.05, 0) is 12.1 Å². The predicted molar refractivity (Wildman–Crippen MR) is 57.4 cm³/mol. The first-order chi connectivity index (χ1) is 8.03. The van der Waals surface area contributed by atoms with E-state index in [-0.39, 0.29) is 12.2 Å². The average Bonchev–Trinajstić information content (AvgIpc) is 2.35. The third-order valence-corrected chi connectivity index (χ3v) is 2.01. The number of nitrogens with zero attached hydrogens (tertiary/aromatic N) is 1. The van der Waals surface area contributed by atoms with E-state index in [9.17, 15) is 19.3 Å². The summed E-state index contributed by atoms with van der Waals surface area (Å²) in [4.78, 5) is 20.8. The van der Waals surface area contributed by atoms with Gasteiger partial charge >= 0.3 is 11.8 Å². The Morgan fingerprint density at radius 3 is 2.59 bits per heavy atom. The highest BCUT2D eigenvalue weighted by Gasteiger charge is 2.55. The van der Waals surface area contributed by atoms with Crippen molar-refractivity contribution in [1.82, 2.24) is 0 Å². The largest absolute Gasteiger partial charge is 0.481 e. The van der Waals surface area contributed by atoms with Gasteiger partial charge in [0.25, 0.3) is 0 Å². The molecule has 0 N–H and O–H groups in total. The molecular weight excluding hydrogens is 229 g/mol. The van der Waals surface area contributed by atoms with E-state index >= 15 is 0 Å². The molecule has 0 radical (unpaired) electrons. The Morgan fingerprint density at radius 2 is 2.12 bits per heavy atom. The molecule has 0 heterocycles. The first kappa shape index (κ1) is 12.8. The molecule has 0 fully saturated rings. The highest BCUT2D eigenvalue weighted by Crippen LogP contribution is 2.28. The highest BCUT2D eigenvalue weighted by molar-refractivity contribution is 5.79. The first-order valence-corrected chi connectivity index (χ1v) is 4.70. The lowest BCUT2D eigenvalue weighted by atomic mass is 10.1. The Labute approximate surface area is 96.7 Å². The lowest BCUT2D eigenvalue weighted by Gasteiger charge is -2.14. The van der Waals surface area contributed by atoms with E-state index in [1.54, 1.807) is 6.07 Å². The molecule has 0 spiro atoms. The number of ether oxygens (including phenoxy) is 1. The van der Waals surface area contributed by atoms with Crippen LogP contribution in [0.2, 0.25) is 0 Å². The minimum Gasteiger partial charge on any atom is -0.454 e. The van der Waals surface area contributed by atoms with E-state index < -0.39 is 16.7 Å². The van der Waals surface area contributed by atoms with Crippen molar-refractivity contribution in [2.45, 2.75) is 5.79 Å². The lowest BCUT2D eigenvalue weighted by molar-refractivity contribution is -0.599. The van der Waals surface area contributed by atoms with Gasteiger partial charge in [-0.15, -0.1) is 0 Å². The van der Waals surface area contributed by atoms with Crippen molar-refractivity contribution in [1.29, 1.82) is 0 Å². The van der Waals surface area contributed by atoms with Gasteiger partial charge in [0.1, 0.15) is 6.61 Å². The summed E-state index contributed by atoms with van der Waals surface area (Å²) in [6, 6.07) is 6.65. The molecule has 0 saturated heterocycles.